The summed E-state index contributed by atoms with van der Waals surface area (Å²) >= 11 is 2.50. The first-order chi connectivity index (χ1) is 15.3. The highest BCUT2D eigenvalue weighted by Crippen LogP contribution is 2.34. The van der Waals surface area contributed by atoms with Crippen molar-refractivity contribution in [3.63, 3.8) is 0 Å². The van der Waals surface area contributed by atoms with Crippen LogP contribution in [0.1, 0.15) is 47.1 Å². The van der Waals surface area contributed by atoms with Crippen molar-refractivity contribution in [2.24, 2.45) is 0 Å². The number of thiophene rings is 1. The fourth-order valence-electron chi connectivity index (χ4n) is 3.47. The fourth-order valence-corrected chi connectivity index (χ4v) is 5.59. The number of hydrogen-bond donors (Lipinski definition) is 1. The van der Waals surface area contributed by atoms with Crippen LogP contribution in [0.25, 0.3) is 21.1 Å². The molecule has 1 unspecified atom stereocenters. The zero-order valence-corrected chi connectivity index (χ0v) is 19.7. The van der Waals surface area contributed by atoms with Crippen LogP contribution in [0.3, 0.4) is 0 Å². The van der Waals surface area contributed by atoms with Gasteiger partial charge in [-0.05, 0) is 45.4 Å². The zero-order valence-electron chi connectivity index (χ0n) is 18.1. The van der Waals surface area contributed by atoms with E-state index in [0.29, 0.717) is 49.1 Å². The molecule has 0 saturated carbocycles. The van der Waals surface area contributed by atoms with Crippen LogP contribution in [-0.2, 0) is 11.3 Å². The van der Waals surface area contributed by atoms with Gasteiger partial charge >= 0.3 is 5.97 Å². The van der Waals surface area contributed by atoms with Crippen molar-refractivity contribution in [3.05, 3.63) is 61.2 Å². The smallest absolute Gasteiger partial charge is 0.348 e. The van der Waals surface area contributed by atoms with Crippen LogP contribution in [0.5, 0.6) is 0 Å². The molecular weight excluding hydrogens is 448 g/mol. The van der Waals surface area contributed by atoms with Crippen LogP contribution >= 0.6 is 23.1 Å². The Morgan fingerprint density at radius 1 is 1.25 bits per heavy atom. The fraction of sp³-hybridized carbons (Fsp3) is 0.318. The van der Waals surface area contributed by atoms with E-state index in [1.807, 2.05) is 32.0 Å². The molecule has 8 nitrogen and oxygen atoms in total. The number of benzene rings is 1. The minimum Gasteiger partial charge on any atom is -0.462 e. The minimum absolute atomic E-state index is 0.0994. The third kappa shape index (κ3) is 3.84. The summed E-state index contributed by atoms with van der Waals surface area (Å²) in [7, 11) is 0. The van der Waals surface area contributed by atoms with Crippen LogP contribution < -0.4 is 11.1 Å². The largest absolute Gasteiger partial charge is 0.462 e. The van der Waals surface area contributed by atoms with Gasteiger partial charge in [-0.25, -0.2) is 14.8 Å². The van der Waals surface area contributed by atoms with Gasteiger partial charge in [0, 0.05) is 6.54 Å². The lowest BCUT2D eigenvalue weighted by molar-refractivity contribution is 0.0531. The number of nitrogens with zero attached hydrogens (tertiary/aromatic N) is 3. The van der Waals surface area contributed by atoms with Gasteiger partial charge in [0.2, 0.25) is 0 Å². The van der Waals surface area contributed by atoms with Gasteiger partial charge in [-0.15, -0.1) is 11.3 Å². The molecule has 0 fully saturated rings. The van der Waals surface area contributed by atoms with E-state index in [4.69, 9.17) is 4.74 Å². The lowest BCUT2D eigenvalue weighted by Crippen LogP contribution is -2.23. The number of aryl methyl sites for hydroxylation is 1. The van der Waals surface area contributed by atoms with Gasteiger partial charge in [0.05, 0.1) is 28.1 Å². The molecule has 3 heterocycles. The predicted octanol–water partition coefficient (Wildman–Crippen LogP) is 4.05. The first-order valence-electron chi connectivity index (χ1n) is 10.2. The summed E-state index contributed by atoms with van der Waals surface area (Å²) in [6, 6.07) is 7.24. The molecule has 166 valence electrons. The van der Waals surface area contributed by atoms with Gasteiger partial charge < -0.3 is 9.72 Å². The van der Waals surface area contributed by atoms with Gasteiger partial charge in [-0.2, -0.15) is 0 Å². The number of aromatic amines is 1. The van der Waals surface area contributed by atoms with E-state index in [-0.39, 0.29) is 23.0 Å². The quantitative estimate of drug-likeness (QED) is 0.257. The first kappa shape index (κ1) is 22.2. The minimum atomic E-state index is -0.455. The molecule has 4 aromatic rings. The third-order valence-electron chi connectivity index (χ3n) is 5.09. The van der Waals surface area contributed by atoms with Crippen molar-refractivity contribution in [1.29, 1.82) is 0 Å². The second-order valence-electron chi connectivity index (χ2n) is 7.13. The molecule has 4 rings (SSSR count). The van der Waals surface area contributed by atoms with E-state index in [9.17, 15) is 14.4 Å². The van der Waals surface area contributed by atoms with Gasteiger partial charge in [0.25, 0.3) is 11.1 Å². The molecule has 0 bridgehead atoms. The predicted molar refractivity (Wildman–Crippen MR) is 127 cm³/mol. The maximum absolute atomic E-state index is 12.9. The van der Waals surface area contributed by atoms with E-state index in [1.165, 1.54) is 11.8 Å². The number of esters is 1. The summed E-state index contributed by atoms with van der Waals surface area (Å²) in [4.78, 5) is 50.9. The summed E-state index contributed by atoms with van der Waals surface area (Å²) < 4.78 is 6.71. The normalized spacial score (nSPS) is 12.4. The first-order valence-corrected chi connectivity index (χ1v) is 11.9. The number of thioether (sulfide) groups is 1. The molecule has 1 aromatic carbocycles. The Bertz CT molecular complexity index is 1450. The highest BCUT2D eigenvalue weighted by atomic mass is 32.2. The Balaban J connectivity index is 1.75. The number of carbonyl (C=O) groups excluding carboxylic acids is 1. The van der Waals surface area contributed by atoms with Crippen LogP contribution in [-0.4, -0.2) is 32.1 Å². The number of rotatable bonds is 6. The Kier molecular flexibility index (Phi) is 6.16. The van der Waals surface area contributed by atoms with Crippen molar-refractivity contribution in [2.45, 2.75) is 44.6 Å². The highest BCUT2D eigenvalue weighted by Gasteiger charge is 2.22. The Labute approximate surface area is 191 Å². The summed E-state index contributed by atoms with van der Waals surface area (Å²) in [5.74, 6) is -0.00193. The molecule has 0 saturated heterocycles. The SMILES string of the molecule is CCOC(=O)c1sc2nc(C(C)Sc3nc4ccccc4c(=O)n3CC)[nH]c(=O)c2c1C. The number of ether oxygens (including phenoxy) is 1. The molecule has 3 aromatic heterocycles. The molecule has 10 heteroatoms. The summed E-state index contributed by atoms with van der Waals surface area (Å²) in [6.45, 7) is 7.97. The number of H-pyrrole nitrogens is 1. The highest BCUT2D eigenvalue weighted by molar-refractivity contribution is 7.99. The van der Waals surface area contributed by atoms with E-state index < -0.39 is 5.97 Å². The van der Waals surface area contributed by atoms with Crippen molar-refractivity contribution < 1.29 is 9.53 Å². The third-order valence-corrected chi connectivity index (χ3v) is 7.35. The molecular formula is C22H22N4O4S2. The molecule has 0 aliphatic rings. The Morgan fingerprint density at radius 3 is 2.72 bits per heavy atom. The van der Waals surface area contributed by atoms with E-state index in [1.54, 1.807) is 24.5 Å². The van der Waals surface area contributed by atoms with Gasteiger partial charge in [0.1, 0.15) is 15.5 Å². The number of aromatic nitrogens is 4. The maximum atomic E-state index is 12.9. The second kappa shape index (κ2) is 8.87. The summed E-state index contributed by atoms with van der Waals surface area (Å²) in [5, 5.41) is 1.24. The van der Waals surface area contributed by atoms with Crippen LogP contribution in [0.2, 0.25) is 0 Å². The second-order valence-corrected chi connectivity index (χ2v) is 9.44. The number of hydrogen-bond acceptors (Lipinski definition) is 8. The lowest BCUT2D eigenvalue weighted by Gasteiger charge is -2.15. The van der Waals surface area contributed by atoms with E-state index in [0.717, 1.165) is 11.3 Å². The van der Waals surface area contributed by atoms with E-state index >= 15 is 0 Å². The van der Waals surface area contributed by atoms with Crippen LogP contribution in [0.4, 0.5) is 0 Å². The van der Waals surface area contributed by atoms with Crippen molar-refractivity contribution in [3.8, 4) is 0 Å². The molecule has 0 spiro atoms. The van der Waals surface area contributed by atoms with Crippen LogP contribution in [0.15, 0.2) is 39.0 Å². The van der Waals surface area contributed by atoms with Gasteiger partial charge in [-0.1, -0.05) is 23.9 Å². The number of carbonyl (C=O) groups is 1. The van der Waals surface area contributed by atoms with Gasteiger partial charge in [0.15, 0.2) is 5.16 Å². The number of fused-ring (bicyclic) bond motifs is 2. The molecule has 0 aliphatic carbocycles. The molecule has 0 aliphatic heterocycles. The summed E-state index contributed by atoms with van der Waals surface area (Å²) in [5.41, 5.74) is 0.792. The lowest BCUT2D eigenvalue weighted by atomic mass is 10.2. The average Bonchev–Trinajstić information content (AvgIpc) is 3.11. The Morgan fingerprint density at radius 2 is 2.00 bits per heavy atom. The van der Waals surface area contributed by atoms with Crippen molar-refractivity contribution in [1.82, 2.24) is 19.5 Å². The number of nitrogens with one attached hydrogen (secondary N) is 1. The molecule has 1 N–H and O–H groups in total. The molecule has 32 heavy (non-hydrogen) atoms. The Hall–Kier alpha value is -2.98. The standard InChI is InChI=1S/C22H22N4O4S2/c1-5-26-20(28)13-9-7-8-10-14(13)23-22(26)31-12(4)17-24-18(27)15-11(3)16(21(29)30-6-2)32-19(15)25-17/h7-10,12H,5-6H2,1-4H3,(H,24,25,27). The van der Waals surface area contributed by atoms with Crippen LogP contribution in [0, 0.1) is 6.92 Å². The molecule has 1 atom stereocenters. The van der Waals surface area contributed by atoms with Crippen molar-refractivity contribution in [2.75, 3.05) is 6.61 Å². The molecule has 0 radical (unpaired) electrons. The topological polar surface area (TPSA) is 107 Å². The van der Waals surface area contributed by atoms with E-state index in [2.05, 4.69) is 15.0 Å². The monoisotopic (exact) mass is 470 g/mol. The van der Waals surface area contributed by atoms with Gasteiger partial charge in [-0.3, -0.25) is 14.2 Å². The summed E-state index contributed by atoms with van der Waals surface area (Å²) in [6.07, 6.45) is 0. The maximum Gasteiger partial charge on any atom is 0.348 e. The van der Waals surface area contributed by atoms with Crippen molar-refractivity contribution >= 4 is 50.2 Å². The zero-order chi connectivity index (χ0) is 23.0. The number of para-hydroxylation sites is 1. The molecule has 0 amide bonds. The average molecular weight is 471 g/mol.